The third kappa shape index (κ3) is 4.17. The van der Waals surface area contributed by atoms with E-state index in [1.165, 1.54) is 11.1 Å². The molecule has 0 amide bonds. The first-order valence-electron chi connectivity index (χ1n) is 6.77. The molecule has 1 rings (SSSR count). The van der Waals surface area contributed by atoms with E-state index in [0.717, 1.165) is 19.3 Å². The number of hydrogen-bond donors (Lipinski definition) is 0. The smallest absolute Gasteiger partial charge is 0.0294 e. The Hall–Kier alpha value is -0.200. The van der Waals surface area contributed by atoms with Crippen molar-refractivity contribution in [3.8, 4) is 0 Å². The molecule has 0 aliphatic carbocycles. The van der Waals surface area contributed by atoms with Gasteiger partial charge in [0.2, 0.25) is 0 Å². The molecule has 0 saturated carbocycles. The first-order chi connectivity index (χ1) is 8.56. The van der Waals surface area contributed by atoms with E-state index >= 15 is 0 Å². The number of alkyl halides is 2. The highest BCUT2D eigenvalue weighted by molar-refractivity contribution is 6.21. The molecule has 0 unspecified atom stereocenters. The SMILES string of the molecule is CCCC(CCl)(CCl)Cc1ccc(C(C)C)cc1. The molecule has 0 spiro atoms. The van der Waals surface area contributed by atoms with Crippen molar-refractivity contribution in [1.29, 1.82) is 0 Å². The summed E-state index contributed by atoms with van der Waals surface area (Å²) in [7, 11) is 0. The van der Waals surface area contributed by atoms with E-state index in [-0.39, 0.29) is 5.41 Å². The molecule has 2 heteroatoms. The predicted molar refractivity (Wildman–Crippen MR) is 83.0 cm³/mol. The van der Waals surface area contributed by atoms with Gasteiger partial charge in [0, 0.05) is 17.2 Å². The quantitative estimate of drug-likeness (QED) is 0.571. The molecule has 0 fully saturated rings. The summed E-state index contributed by atoms with van der Waals surface area (Å²) in [5, 5.41) is 0. The van der Waals surface area contributed by atoms with E-state index < -0.39 is 0 Å². The van der Waals surface area contributed by atoms with Crippen LogP contribution in [-0.2, 0) is 6.42 Å². The Labute approximate surface area is 122 Å². The topological polar surface area (TPSA) is 0 Å². The van der Waals surface area contributed by atoms with E-state index in [1.54, 1.807) is 0 Å². The standard InChI is InChI=1S/C16H24Cl2/c1-4-9-16(11-17,12-18)10-14-5-7-15(8-6-14)13(2)3/h5-8,13H,4,9-12H2,1-3H3. The molecule has 0 bridgehead atoms. The Kier molecular flexibility index (Phi) is 6.52. The summed E-state index contributed by atoms with van der Waals surface area (Å²) in [6.07, 6.45) is 3.20. The number of hydrogen-bond acceptors (Lipinski definition) is 0. The zero-order chi connectivity index (χ0) is 13.6. The van der Waals surface area contributed by atoms with E-state index in [1.807, 2.05) is 0 Å². The van der Waals surface area contributed by atoms with Gasteiger partial charge >= 0.3 is 0 Å². The van der Waals surface area contributed by atoms with Gasteiger partial charge in [0.25, 0.3) is 0 Å². The fourth-order valence-electron chi connectivity index (χ4n) is 2.34. The highest BCUT2D eigenvalue weighted by Gasteiger charge is 2.27. The van der Waals surface area contributed by atoms with E-state index in [9.17, 15) is 0 Å². The van der Waals surface area contributed by atoms with Gasteiger partial charge in [-0.15, -0.1) is 23.2 Å². The monoisotopic (exact) mass is 286 g/mol. The third-order valence-electron chi connectivity index (χ3n) is 3.57. The summed E-state index contributed by atoms with van der Waals surface area (Å²) in [5.74, 6) is 1.85. The van der Waals surface area contributed by atoms with Crippen molar-refractivity contribution in [2.24, 2.45) is 5.41 Å². The van der Waals surface area contributed by atoms with Crippen molar-refractivity contribution in [2.45, 2.75) is 46.0 Å². The summed E-state index contributed by atoms with van der Waals surface area (Å²) in [6.45, 7) is 6.62. The van der Waals surface area contributed by atoms with Crippen LogP contribution in [0.25, 0.3) is 0 Å². The number of benzene rings is 1. The average molecular weight is 287 g/mol. The van der Waals surface area contributed by atoms with Crippen molar-refractivity contribution in [2.75, 3.05) is 11.8 Å². The van der Waals surface area contributed by atoms with Gasteiger partial charge in [-0.05, 0) is 29.9 Å². The largest absolute Gasteiger partial charge is 0.126 e. The van der Waals surface area contributed by atoms with Crippen LogP contribution in [0.1, 0.15) is 50.7 Å². The van der Waals surface area contributed by atoms with Crippen LogP contribution in [0.3, 0.4) is 0 Å². The maximum absolute atomic E-state index is 6.15. The van der Waals surface area contributed by atoms with Gasteiger partial charge in [-0.3, -0.25) is 0 Å². The second-order valence-electron chi connectivity index (χ2n) is 5.59. The molecule has 102 valence electrons. The van der Waals surface area contributed by atoms with E-state index in [2.05, 4.69) is 45.0 Å². The fourth-order valence-corrected chi connectivity index (χ4v) is 3.08. The molecule has 18 heavy (non-hydrogen) atoms. The van der Waals surface area contributed by atoms with Gasteiger partial charge in [-0.25, -0.2) is 0 Å². The van der Waals surface area contributed by atoms with Crippen LogP contribution in [0.5, 0.6) is 0 Å². The lowest BCUT2D eigenvalue weighted by Gasteiger charge is -2.29. The highest BCUT2D eigenvalue weighted by Crippen LogP contribution is 2.32. The molecule has 0 nitrogen and oxygen atoms in total. The lowest BCUT2D eigenvalue weighted by atomic mass is 9.81. The minimum atomic E-state index is 0.0528. The second-order valence-corrected chi connectivity index (χ2v) is 6.12. The molecule has 0 aliphatic rings. The van der Waals surface area contributed by atoms with Crippen molar-refractivity contribution in [1.82, 2.24) is 0 Å². The first kappa shape index (κ1) is 15.9. The Morgan fingerprint density at radius 3 is 2.00 bits per heavy atom. The van der Waals surface area contributed by atoms with Gasteiger partial charge in [0.05, 0.1) is 0 Å². The van der Waals surface area contributed by atoms with Crippen LogP contribution in [-0.4, -0.2) is 11.8 Å². The Morgan fingerprint density at radius 2 is 1.61 bits per heavy atom. The summed E-state index contributed by atoms with van der Waals surface area (Å²) in [4.78, 5) is 0. The first-order valence-corrected chi connectivity index (χ1v) is 7.84. The third-order valence-corrected chi connectivity index (χ3v) is 4.71. The zero-order valence-electron chi connectivity index (χ0n) is 11.7. The zero-order valence-corrected chi connectivity index (χ0v) is 13.2. The summed E-state index contributed by atoms with van der Waals surface area (Å²) in [6, 6.07) is 8.88. The van der Waals surface area contributed by atoms with Gasteiger partial charge < -0.3 is 0 Å². The molecule has 0 heterocycles. The summed E-state index contributed by atoms with van der Waals surface area (Å²) in [5.41, 5.74) is 2.78. The highest BCUT2D eigenvalue weighted by atomic mass is 35.5. The average Bonchev–Trinajstić information content (AvgIpc) is 2.38. The maximum atomic E-state index is 6.15. The van der Waals surface area contributed by atoms with Gasteiger partial charge in [0.15, 0.2) is 0 Å². The van der Waals surface area contributed by atoms with Crippen LogP contribution >= 0.6 is 23.2 Å². The minimum absolute atomic E-state index is 0.0528. The molecular weight excluding hydrogens is 263 g/mol. The van der Waals surface area contributed by atoms with Crippen molar-refractivity contribution >= 4 is 23.2 Å². The molecule has 0 atom stereocenters. The molecule has 0 N–H and O–H groups in total. The predicted octanol–water partition coefficient (Wildman–Crippen LogP) is 5.62. The molecule has 1 aromatic rings. The fraction of sp³-hybridized carbons (Fsp3) is 0.625. The summed E-state index contributed by atoms with van der Waals surface area (Å²) >= 11 is 12.3. The van der Waals surface area contributed by atoms with Gasteiger partial charge in [0.1, 0.15) is 0 Å². The van der Waals surface area contributed by atoms with Crippen LogP contribution in [0.4, 0.5) is 0 Å². The molecule has 0 radical (unpaired) electrons. The number of rotatable bonds is 7. The Balaban J connectivity index is 2.81. The molecular formula is C16H24Cl2. The molecule has 0 aromatic heterocycles. The van der Waals surface area contributed by atoms with Gasteiger partial charge in [-0.2, -0.15) is 0 Å². The normalized spacial score (nSPS) is 12.1. The minimum Gasteiger partial charge on any atom is -0.126 e. The Morgan fingerprint density at radius 1 is 1.06 bits per heavy atom. The maximum Gasteiger partial charge on any atom is 0.0294 e. The van der Waals surface area contributed by atoms with Gasteiger partial charge in [-0.1, -0.05) is 51.5 Å². The second kappa shape index (κ2) is 7.40. The lowest BCUT2D eigenvalue weighted by molar-refractivity contribution is 0.341. The van der Waals surface area contributed by atoms with Crippen LogP contribution in [0.2, 0.25) is 0 Å². The van der Waals surface area contributed by atoms with Crippen LogP contribution in [0, 0.1) is 5.41 Å². The molecule has 0 saturated heterocycles. The van der Waals surface area contributed by atoms with E-state index in [0.29, 0.717) is 17.7 Å². The Bertz CT molecular complexity index is 337. The van der Waals surface area contributed by atoms with Crippen LogP contribution < -0.4 is 0 Å². The van der Waals surface area contributed by atoms with E-state index in [4.69, 9.17) is 23.2 Å². The van der Waals surface area contributed by atoms with Crippen molar-refractivity contribution in [3.05, 3.63) is 35.4 Å². The summed E-state index contributed by atoms with van der Waals surface area (Å²) < 4.78 is 0. The molecule has 1 aromatic carbocycles. The molecule has 0 aliphatic heterocycles. The lowest BCUT2D eigenvalue weighted by Crippen LogP contribution is -2.27. The van der Waals surface area contributed by atoms with Crippen molar-refractivity contribution in [3.63, 3.8) is 0 Å². The van der Waals surface area contributed by atoms with Crippen LogP contribution in [0.15, 0.2) is 24.3 Å². The van der Waals surface area contributed by atoms with Crippen molar-refractivity contribution < 1.29 is 0 Å². The number of halogens is 2.